The van der Waals surface area contributed by atoms with Crippen LogP contribution in [0.1, 0.15) is 36.8 Å². The zero-order chi connectivity index (χ0) is 18.4. The standard InChI is InChI=1S/C20H30N4O2.HI/c1-14-3-6-17(18(11-14)26-13-15-4-5-15)12-24-20(21-2)23-10-9-22-19(25)16-7-8-16;/h3,6,11,15-16H,4-5,7-10,12-13H2,1-2H3,(H,22,25)(H2,21,23,24);1H. The van der Waals surface area contributed by atoms with E-state index in [0.717, 1.165) is 42.6 Å². The summed E-state index contributed by atoms with van der Waals surface area (Å²) in [5.74, 6) is 2.84. The molecule has 2 fully saturated rings. The lowest BCUT2D eigenvalue weighted by atomic mass is 10.1. The Morgan fingerprint density at radius 2 is 1.89 bits per heavy atom. The average Bonchev–Trinajstić information content (AvgIpc) is 3.53. The number of amides is 1. The van der Waals surface area contributed by atoms with Gasteiger partial charge in [0.1, 0.15) is 5.75 Å². The van der Waals surface area contributed by atoms with E-state index in [1.165, 1.54) is 18.4 Å². The molecular weight excluding hydrogens is 455 g/mol. The van der Waals surface area contributed by atoms with Crippen LogP contribution in [0.4, 0.5) is 0 Å². The van der Waals surface area contributed by atoms with E-state index >= 15 is 0 Å². The van der Waals surface area contributed by atoms with Crippen molar-refractivity contribution in [3.05, 3.63) is 29.3 Å². The summed E-state index contributed by atoms with van der Waals surface area (Å²) in [6, 6.07) is 6.31. The number of carbonyl (C=O) groups is 1. The van der Waals surface area contributed by atoms with Crippen LogP contribution in [0, 0.1) is 18.8 Å². The molecule has 0 saturated heterocycles. The topological polar surface area (TPSA) is 74.8 Å². The first kappa shape index (κ1) is 21.8. The second kappa shape index (κ2) is 10.7. The van der Waals surface area contributed by atoms with E-state index in [2.05, 4.69) is 46.1 Å². The van der Waals surface area contributed by atoms with Crippen LogP contribution in [-0.2, 0) is 11.3 Å². The first-order valence-corrected chi connectivity index (χ1v) is 9.60. The van der Waals surface area contributed by atoms with Gasteiger partial charge in [-0.2, -0.15) is 0 Å². The molecule has 150 valence electrons. The number of aryl methyl sites for hydroxylation is 1. The maximum Gasteiger partial charge on any atom is 0.223 e. The van der Waals surface area contributed by atoms with Crippen LogP contribution in [-0.4, -0.2) is 38.6 Å². The summed E-state index contributed by atoms with van der Waals surface area (Å²) in [6.07, 6.45) is 4.63. The molecule has 27 heavy (non-hydrogen) atoms. The fourth-order valence-corrected chi connectivity index (χ4v) is 2.69. The molecule has 0 heterocycles. The molecule has 2 aliphatic carbocycles. The number of rotatable bonds is 9. The van der Waals surface area contributed by atoms with E-state index < -0.39 is 0 Å². The highest BCUT2D eigenvalue weighted by atomic mass is 127. The van der Waals surface area contributed by atoms with Crippen molar-refractivity contribution in [2.24, 2.45) is 16.8 Å². The number of halogens is 1. The summed E-state index contributed by atoms with van der Waals surface area (Å²) in [5, 5.41) is 9.49. The fraction of sp³-hybridized carbons (Fsp3) is 0.600. The summed E-state index contributed by atoms with van der Waals surface area (Å²) in [6.45, 7) is 4.80. The molecule has 0 unspecified atom stereocenters. The monoisotopic (exact) mass is 486 g/mol. The number of ether oxygens (including phenoxy) is 1. The number of benzene rings is 1. The first-order chi connectivity index (χ1) is 12.7. The van der Waals surface area contributed by atoms with E-state index in [9.17, 15) is 4.79 Å². The lowest BCUT2D eigenvalue weighted by molar-refractivity contribution is -0.122. The molecule has 1 aromatic rings. The lowest BCUT2D eigenvalue weighted by Gasteiger charge is -2.15. The first-order valence-electron chi connectivity index (χ1n) is 9.60. The molecule has 0 bridgehead atoms. The van der Waals surface area contributed by atoms with Gasteiger partial charge in [-0.15, -0.1) is 24.0 Å². The summed E-state index contributed by atoms with van der Waals surface area (Å²) in [5.41, 5.74) is 2.33. The Balaban J connectivity index is 0.00000261. The summed E-state index contributed by atoms with van der Waals surface area (Å²) in [7, 11) is 1.75. The molecule has 1 amide bonds. The molecule has 3 rings (SSSR count). The van der Waals surface area contributed by atoms with Gasteiger partial charge < -0.3 is 20.7 Å². The van der Waals surface area contributed by atoms with Crippen molar-refractivity contribution in [2.45, 2.75) is 39.2 Å². The van der Waals surface area contributed by atoms with Gasteiger partial charge in [-0.25, -0.2) is 0 Å². The number of carbonyl (C=O) groups excluding carboxylic acids is 1. The quantitative estimate of drug-likeness (QED) is 0.217. The third kappa shape index (κ3) is 7.56. The fourth-order valence-electron chi connectivity index (χ4n) is 2.69. The summed E-state index contributed by atoms with van der Waals surface area (Å²) in [4.78, 5) is 15.8. The smallest absolute Gasteiger partial charge is 0.223 e. The molecule has 0 aliphatic heterocycles. The Morgan fingerprint density at radius 3 is 2.56 bits per heavy atom. The summed E-state index contributed by atoms with van der Waals surface area (Å²) >= 11 is 0. The maximum absolute atomic E-state index is 11.6. The van der Waals surface area contributed by atoms with E-state index in [4.69, 9.17) is 4.74 Å². The van der Waals surface area contributed by atoms with E-state index in [1.807, 2.05) is 0 Å². The van der Waals surface area contributed by atoms with Crippen LogP contribution in [0.15, 0.2) is 23.2 Å². The van der Waals surface area contributed by atoms with Crippen LogP contribution in [0.25, 0.3) is 0 Å². The van der Waals surface area contributed by atoms with Gasteiger partial charge in [0.2, 0.25) is 5.91 Å². The van der Waals surface area contributed by atoms with E-state index in [-0.39, 0.29) is 35.8 Å². The van der Waals surface area contributed by atoms with Crippen LogP contribution >= 0.6 is 24.0 Å². The van der Waals surface area contributed by atoms with Crippen molar-refractivity contribution in [1.82, 2.24) is 16.0 Å². The van der Waals surface area contributed by atoms with Crippen LogP contribution in [0.2, 0.25) is 0 Å². The Hall–Kier alpha value is -1.51. The van der Waals surface area contributed by atoms with Crippen LogP contribution in [0.5, 0.6) is 5.75 Å². The number of nitrogens with zero attached hydrogens (tertiary/aromatic N) is 1. The number of guanidine groups is 1. The molecule has 1 aromatic carbocycles. The zero-order valence-corrected chi connectivity index (χ0v) is 18.5. The summed E-state index contributed by atoms with van der Waals surface area (Å²) < 4.78 is 6.01. The Kier molecular flexibility index (Phi) is 8.66. The highest BCUT2D eigenvalue weighted by Crippen LogP contribution is 2.30. The van der Waals surface area contributed by atoms with Gasteiger partial charge in [0.05, 0.1) is 6.61 Å². The van der Waals surface area contributed by atoms with Gasteiger partial charge in [-0.3, -0.25) is 9.79 Å². The largest absolute Gasteiger partial charge is 0.493 e. The molecule has 6 nitrogen and oxygen atoms in total. The van der Waals surface area contributed by atoms with Gasteiger partial charge in [0, 0.05) is 38.2 Å². The minimum atomic E-state index is 0. The molecule has 2 aliphatic rings. The predicted molar refractivity (Wildman–Crippen MR) is 119 cm³/mol. The number of nitrogens with one attached hydrogen (secondary N) is 3. The second-order valence-electron chi connectivity index (χ2n) is 7.28. The van der Waals surface area contributed by atoms with E-state index in [1.54, 1.807) is 7.05 Å². The number of hydrogen-bond donors (Lipinski definition) is 3. The zero-order valence-electron chi connectivity index (χ0n) is 16.2. The Labute approximate surface area is 178 Å². The SMILES string of the molecule is CN=C(NCCNC(=O)C1CC1)NCc1ccc(C)cc1OCC1CC1.I. The second-order valence-corrected chi connectivity index (χ2v) is 7.28. The maximum atomic E-state index is 11.6. The van der Waals surface area contributed by atoms with E-state index in [0.29, 0.717) is 19.6 Å². The Bertz CT molecular complexity index is 657. The normalized spacial score (nSPS) is 16.3. The third-order valence-electron chi connectivity index (χ3n) is 4.73. The predicted octanol–water partition coefficient (Wildman–Crippen LogP) is 2.59. The van der Waals surface area contributed by atoms with Gasteiger partial charge in [-0.05, 0) is 50.2 Å². The van der Waals surface area contributed by atoms with Crippen molar-refractivity contribution in [3.63, 3.8) is 0 Å². The van der Waals surface area contributed by atoms with Crippen molar-refractivity contribution in [3.8, 4) is 5.75 Å². The van der Waals surface area contributed by atoms with Crippen molar-refractivity contribution >= 4 is 35.8 Å². The Morgan fingerprint density at radius 1 is 1.15 bits per heavy atom. The molecule has 3 N–H and O–H groups in total. The van der Waals surface area contributed by atoms with Gasteiger partial charge in [0.15, 0.2) is 5.96 Å². The number of hydrogen-bond acceptors (Lipinski definition) is 3. The van der Waals surface area contributed by atoms with Gasteiger partial charge in [-0.1, -0.05) is 12.1 Å². The minimum Gasteiger partial charge on any atom is -0.493 e. The molecule has 7 heteroatoms. The van der Waals surface area contributed by atoms with Gasteiger partial charge >= 0.3 is 0 Å². The molecule has 0 aromatic heterocycles. The van der Waals surface area contributed by atoms with Gasteiger partial charge in [0.25, 0.3) is 0 Å². The molecular formula is C20H31IN4O2. The van der Waals surface area contributed by atoms with Crippen LogP contribution in [0.3, 0.4) is 0 Å². The lowest BCUT2D eigenvalue weighted by Crippen LogP contribution is -2.41. The molecule has 0 radical (unpaired) electrons. The molecule has 0 atom stereocenters. The number of aliphatic imine (C=N–C) groups is 1. The van der Waals surface area contributed by atoms with Crippen LogP contribution < -0.4 is 20.7 Å². The minimum absolute atomic E-state index is 0. The third-order valence-corrected chi connectivity index (χ3v) is 4.73. The van der Waals surface area contributed by atoms with Crippen molar-refractivity contribution in [2.75, 3.05) is 26.7 Å². The average molecular weight is 486 g/mol. The highest BCUT2D eigenvalue weighted by molar-refractivity contribution is 14.0. The molecule has 2 saturated carbocycles. The van der Waals surface area contributed by atoms with Crippen molar-refractivity contribution < 1.29 is 9.53 Å². The van der Waals surface area contributed by atoms with Crippen molar-refractivity contribution in [1.29, 1.82) is 0 Å². The molecule has 0 spiro atoms. The highest BCUT2D eigenvalue weighted by Gasteiger charge is 2.29.